The summed E-state index contributed by atoms with van der Waals surface area (Å²) in [6.45, 7) is 4.62. The van der Waals surface area contributed by atoms with Gasteiger partial charge in [-0.05, 0) is 18.8 Å². The number of thioether (sulfide) groups is 1. The Bertz CT molecular complexity index is 402. The van der Waals surface area contributed by atoms with Crippen molar-refractivity contribution in [3.8, 4) is 0 Å². The molecule has 0 radical (unpaired) electrons. The van der Waals surface area contributed by atoms with E-state index in [2.05, 4.69) is 19.2 Å². The Kier molecular flexibility index (Phi) is 9.13. The summed E-state index contributed by atoms with van der Waals surface area (Å²) in [6.07, 6.45) is 1.53. The monoisotopic (exact) mass is 344 g/mol. The molecule has 0 bridgehead atoms. The van der Waals surface area contributed by atoms with Crippen molar-refractivity contribution in [2.45, 2.75) is 38.0 Å². The fourth-order valence-corrected chi connectivity index (χ4v) is 5.59. The lowest BCUT2D eigenvalue weighted by molar-refractivity contribution is -0.119. The Morgan fingerprint density at radius 2 is 2.10 bits per heavy atom. The third-order valence-corrected chi connectivity index (χ3v) is 6.33. The van der Waals surface area contributed by atoms with Gasteiger partial charge in [0.05, 0.1) is 17.3 Å². The molecule has 0 aromatic carbocycles. The normalized spacial score (nSPS) is 22.3. The number of carbonyl (C=O) groups is 1. The summed E-state index contributed by atoms with van der Waals surface area (Å²) in [4.78, 5) is 11.8. The van der Waals surface area contributed by atoms with Crippen LogP contribution < -0.4 is 11.1 Å². The molecule has 20 heavy (non-hydrogen) atoms. The van der Waals surface area contributed by atoms with Crippen molar-refractivity contribution in [3.05, 3.63) is 0 Å². The minimum atomic E-state index is -2.86. The predicted molar refractivity (Wildman–Crippen MR) is 87.2 cm³/mol. The molecule has 2 unspecified atom stereocenters. The van der Waals surface area contributed by atoms with Crippen molar-refractivity contribution in [1.82, 2.24) is 5.32 Å². The Labute approximate surface area is 132 Å². The van der Waals surface area contributed by atoms with E-state index in [9.17, 15) is 13.2 Å². The van der Waals surface area contributed by atoms with Crippen LogP contribution in [0.15, 0.2) is 0 Å². The Balaban J connectivity index is 0.00000361. The highest BCUT2D eigenvalue weighted by Crippen LogP contribution is 2.24. The van der Waals surface area contributed by atoms with Crippen LogP contribution in [0.1, 0.15) is 26.7 Å². The predicted octanol–water partition coefficient (Wildman–Crippen LogP) is 0.818. The van der Waals surface area contributed by atoms with E-state index in [0.717, 1.165) is 6.42 Å². The van der Waals surface area contributed by atoms with Crippen molar-refractivity contribution in [1.29, 1.82) is 0 Å². The van der Waals surface area contributed by atoms with Gasteiger partial charge >= 0.3 is 0 Å². The number of nitrogens with two attached hydrogens (primary N) is 1. The van der Waals surface area contributed by atoms with E-state index in [1.165, 1.54) is 11.8 Å². The van der Waals surface area contributed by atoms with Crippen LogP contribution in [-0.4, -0.2) is 49.4 Å². The maximum Gasteiger partial charge on any atom is 0.230 e. The van der Waals surface area contributed by atoms with Crippen LogP contribution in [0, 0.1) is 5.92 Å². The highest BCUT2D eigenvalue weighted by atomic mass is 35.5. The summed E-state index contributed by atoms with van der Waals surface area (Å²) in [5.41, 5.74) is 5.62. The average Bonchev–Trinajstić information content (AvgIpc) is 2.65. The fourth-order valence-electron chi connectivity index (χ4n) is 2.14. The molecule has 0 saturated carbocycles. The van der Waals surface area contributed by atoms with Crippen LogP contribution in [0.5, 0.6) is 0 Å². The number of halogens is 1. The first-order valence-corrected chi connectivity index (χ1v) is 9.51. The standard InChI is InChI=1S/C12H24N2O3S2.ClH/c1-9(2)5-10(6-13)14-12(15)7-18-11-3-4-19(16,17)8-11;/h9-11H,3-8,13H2,1-2H3,(H,14,15);1H. The minimum absolute atomic E-state index is 0. The smallest absolute Gasteiger partial charge is 0.230 e. The molecule has 0 aromatic heterocycles. The zero-order valence-corrected chi connectivity index (χ0v) is 14.5. The molecule has 5 nitrogen and oxygen atoms in total. The largest absolute Gasteiger partial charge is 0.351 e. The van der Waals surface area contributed by atoms with Gasteiger partial charge in [-0.3, -0.25) is 4.79 Å². The number of sulfone groups is 1. The molecule has 120 valence electrons. The Morgan fingerprint density at radius 1 is 1.45 bits per heavy atom. The topological polar surface area (TPSA) is 89.3 Å². The van der Waals surface area contributed by atoms with E-state index in [-0.39, 0.29) is 41.1 Å². The number of rotatable bonds is 7. The molecular formula is C12H25ClN2O3S2. The van der Waals surface area contributed by atoms with Crippen LogP contribution in [0.3, 0.4) is 0 Å². The maximum absolute atomic E-state index is 11.8. The molecule has 3 N–H and O–H groups in total. The van der Waals surface area contributed by atoms with E-state index in [0.29, 0.717) is 24.6 Å². The van der Waals surface area contributed by atoms with E-state index < -0.39 is 9.84 Å². The lowest BCUT2D eigenvalue weighted by atomic mass is 10.0. The third-order valence-electron chi connectivity index (χ3n) is 3.05. The van der Waals surface area contributed by atoms with Crippen molar-refractivity contribution in [2.75, 3.05) is 23.8 Å². The molecule has 1 rings (SSSR count). The van der Waals surface area contributed by atoms with Crippen molar-refractivity contribution < 1.29 is 13.2 Å². The fraction of sp³-hybridized carbons (Fsp3) is 0.917. The van der Waals surface area contributed by atoms with E-state index in [4.69, 9.17) is 5.73 Å². The van der Waals surface area contributed by atoms with Crippen LogP contribution >= 0.6 is 24.2 Å². The van der Waals surface area contributed by atoms with Crippen LogP contribution in [0.2, 0.25) is 0 Å². The molecule has 1 aliphatic rings. The molecule has 1 aliphatic heterocycles. The van der Waals surface area contributed by atoms with Gasteiger partial charge in [0.15, 0.2) is 9.84 Å². The molecule has 8 heteroatoms. The summed E-state index contributed by atoms with van der Waals surface area (Å²) < 4.78 is 22.6. The Morgan fingerprint density at radius 3 is 2.55 bits per heavy atom. The summed E-state index contributed by atoms with van der Waals surface area (Å²) in [5.74, 6) is 1.21. The van der Waals surface area contributed by atoms with Crippen LogP contribution in [0.25, 0.3) is 0 Å². The van der Waals surface area contributed by atoms with Crippen LogP contribution in [-0.2, 0) is 14.6 Å². The highest BCUT2D eigenvalue weighted by molar-refractivity contribution is 8.02. The van der Waals surface area contributed by atoms with Gasteiger partial charge in [-0.15, -0.1) is 24.2 Å². The van der Waals surface area contributed by atoms with E-state index >= 15 is 0 Å². The number of nitrogens with one attached hydrogen (secondary N) is 1. The molecule has 1 heterocycles. The second kappa shape index (κ2) is 9.12. The zero-order chi connectivity index (χ0) is 14.5. The first-order valence-electron chi connectivity index (χ1n) is 6.64. The molecule has 0 spiro atoms. The molecule has 0 aliphatic carbocycles. The molecule has 1 fully saturated rings. The zero-order valence-electron chi connectivity index (χ0n) is 12.0. The van der Waals surface area contributed by atoms with Gasteiger partial charge in [0, 0.05) is 17.8 Å². The first kappa shape index (κ1) is 20.0. The number of hydrogen-bond acceptors (Lipinski definition) is 5. The molecular weight excluding hydrogens is 320 g/mol. The maximum atomic E-state index is 11.8. The van der Waals surface area contributed by atoms with E-state index in [1.807, 2.05) is 0 Å². The van der Waals surface area contributed by atoms with E-state index in [1.54, 1.807) is 0 Å². The quantitative estimate of drug-likeness (QED) is 0.713. The lowest BCUT2D eigenvalue weighted by Gasteiger charge is -2.19. The van der Waals surface area contributed by atoms with Gasteiger partial charge in [0.25, 0.3) is 0 Å². The van der Waals surface area contributed by atoms with Crippen molar-refractivity contribution in [3.63, 3.8) is 0 Å². The lowest BCUT2D eigenvalue weighted by Crippen LogP contribution is -2.42. The summed E-state index contributed by atoms with van der Waals surface area (Å²) in [6, 6.07) is 0.0143. The number of carbonyl (C=O) groups excluding carboxylic acids is 1. The average molecular weight is 345 g/mol. The minimum Gasteiger partial charge on any atom is -0.351 e. The molecule has 1 saturated heterocycles. The SMILES string of the molecule is CC(C)CC(CN)NC(=O)CSC1CCS(=O)(=O)C1.Cl. The van der Waals surface area contributed by atoms with Crippen molar-refractivity contribution >= 4 is 39.9 Å². The van der Waals surface area contributed by atoms with Gasteiger partial charge in [-0.2, -0.15) is 0 Å². The van der Waals surface area contributed by atoms with Gasteiger partial charge in [-0.25, -0.2) is 8.42 Å². The second-order valence-corrected chi connectivity index (χ2v) is 8.98. The van der Waals surface area contributed by atoms with Crippen LogP contribution in [0.4, 0.5) is 0 Å². The third kappa shape index (κ3) is 7.71. The van der Waals surface area contributed by atoms with Gasteiger partial charge in [0.2, 0.25) is 5.91 Å². The highest BCUT2D eigenvalue weighted by Gasteiger charge is 2.28. The van der Waals surface area contributed by atoms with Gasteiger partial charge in [0.1, 0.15) is 0 Å². The molecule has 2 atom stereocenters. The Hall–Kier alpha value is 0.0200. The second-order valence-electron chi connectivity index (χ2n) is 5.47. The summed E-state index contributed by atoms with van der Waals surface area (Å²) in [5, 5.41) is 2.98. The number of amides is 1. The van der Waals surface area contributed by atoms with Crippen molar-refractivity contribution in [2.24, 2.45) is 11.7 Å². The van der Waals surface area contributed by atoms with Gasteiger partial charge in [-0.1, -0.05) is 13.8 Å². The summed E-state index contributed by atoms with van der Waals surface area (Å²) >= 11 is 1.43. The molecule has 0 aromatic rings. The summed E-state index contributed by atoms with van der Waals surface area (Å²) in [7, 11) is -2.86. The van der Waals surface area contributed by atoms with Gasteiger partial charge < -0.3 is 11.1 Å². The number of hydrogen-bond donors (Lipinski definition) is 2. The first-order chi connectivity index (χ1) is 8.82. The molecule has 1 amide bonds.